The van der Waals surface area contributed by atoms with Gasteiger partial charge in [-0.05, 0) is 37.4 Å². The minimum Gasteiger partial charge on any atom is -0.381 e. The first-order valence-electron chi connectivity index (χ1n) is 8.28. The van der Waals surface area contributed by atoms with Gasteiger partial charge in [-0.3, -0.25) is 4.99 Å². The van der Waals surface area contributed by atoms with Crippen molar-refractivity contribution in [3.8, 4) is 0 Å². The Bertz CT molecular complexity index is 302. The SMILES string of the molecule is CCSC1(CNC(=NC)NCCCC(C)C)CCOCC1.I. The molecule has 0 saturated carbocycles. The zero-order valence-corrected chi connectivity index (χ0v) is 17.8. The van der Waals surface area contributed by atoms with Gasteiger partial charge in [0.1, 0.15) is 0 Å². The minimum absolute atomic E-state index is 0. The van der Waals surface area contributed by atoms with Crippen LogP contribution < -0.4 is 10.6 Å². The van der Waals surface area contributed by atoms with Gasteiger partial charge >= 0.3 is 0 Å². The molecular weight excluding hydrogens is 409 g/mol. The van der Waals surface area contributed by atoms with Gasteiger partial charge in [0, 0.05) is 38.1 Å². The van der Waals surface area contributed by atoms with Crippen molar-refractivity contribution in [2.45, 2.75) is 51.2 Å². The van der Waals surface area contributed by atoms with Crippen molar-refractivity contribution in [3.63, 3.8) is 0 Å². The first-order valence-corrected chi connectivity index (χ1v) is 9.26. The van der Waals surface area contributed by atoms with Gasteiger partial charge in [0.25, 0.3) is 0 Å². The highest BCUT2D eigenvalue weighted by atomic mass is 127. The van der Waals surface area contributed by atoms with E-state index < -0.39 is 0 Å². The molecule has 0 aromatic rings. The summed E-state index contributed by atoms with van der Waals surface area (Å²) in [5, 5.41) is 6.94. The summed E-state index contributed by atoms with van der Waals surface area (Å²) in [4.78, 5) is 4.33. The monoisotopic (exact) mass is 443 g/mol. The summed E-state index contributed by atoms with van der Waals surface area (Å²) < 4.78 is 5.83. The van der Waals surface area contributed by atoms with Crippen molar-refractivity contribution in [3.05, 3.63) is 0 Å². The molecule has 0 aromatic carbocycles. The molecule has 0 bridgehead atoms. The highest BCUT2D eigenvalue weighted by molar-refractivity contribution is 14.0. The zero-order valence-electron chi connectivity index (χ0n) is 14.6. The number of nitrogens with one attached hydrogen (secondary N) is 2. The third kappa shape index (κ3) is 8.82. The molecule has 0 unspecified atom stereocenters. The molecule has 1 aliphatic heterocycles. The Morgan fingerprint density at radius 1 is 1.27 bits per heavy atom. The van der Waals surface area contributed by atoms with E-state index in [0.29, 0.717) is 4.75 Å². The predicted octanol–water partition coefficient (Wildman–Crippen LogP) is 3.51. The van der Waals surface area contributed by atoms with Crippen LogP contribution in [0, 0.1) is 5.92 Å². The lowest BCUT2D eigenvalue weighted by Crippen LogP contribution is -2.48. The molecule has 1 aliphatic rings. The van der Waals surface area contributed by atoms with Crippen molar-refractivity contribution in [1.29, 1.82) is 0 Å². The topological polar surface area (TPSA) is 45.7 Å². The van der Waals surface area contributed by atoms with E-state index in [-0.39, 0.29) is 24.0 Å². The summed E-state index contributed by atoms with van der Waals surface area (Å²) in [7, 11) is 1.85. The highest BCUT2D eigenvalue weighted by Gasteiger charge is 2.32. The number of rotatable bonds is 8. The normalized spacial score (nSPS) is 18.0. The van der Waals surface area contributed by atoms with Crippen LogP contribution in [-0.4, -0.2) is 49.8 Å². The highest BCUT2D eigenvalue weighted by Crippen LogP contribution is 2.34. The van der Waals surface area contributed by atoms with E-state index >= 15 is 0 Å². The van der Waals surface area contributed by atoms with Gasteiger partial charge < -0.3 is 15.4 Å². The van der Waals surface area contributed by atoms with Crippen molar-refractivity contribution in [1.82, 2.24) is 10.6 Å². The molecule has 1 rings (SSSR count). The van der Waals surface area contributed by atoms with Gasteiger partial charge in [-0.2, -0.15) is 11.8 Å². The first kappa shape index (κ1) is 22.3. The van der Waals surface area contributed by atoms with Crippen LogP contribution in [0.2, 0.25) is 0 Å². The molecule has 0 radical (unpaired) electrons. The van der Waals surface area contributed by atoms with Gasteiger partial charge in [-0.25, -0.2) is 0 Å². The molecule has 1 saturated heterocycles. The van der Waals surface area contributed by atoms with E-state index in [1.807, 2.05) is 7.05 Å². The maximum Gasteiger partial charge on any atom is 0.191 e. The number of hydrogen-bond acceptors (Lipinski definition) is 3. The van der Waals surface area contributed by atoms with Crippen LogP contribution in [0.5, 0.6) is 0 Å². The molecule has 0 aliphatic carbocycles. The largest absolute Gasteiger partial charge is 0.381 e. The lowest BCUT2D eigenvalue weighted by atomic mass is 9.99. The van der Waals surface area contributed by atoms with Crippen LogP contribution in [0.3, 0.4) is 0 Å². The van der Waals surface area contributed by atoms with Crippen LogP contribution in [0.25, 0.3) is 0 Å². The molecular formula is C16H34IN3OS. The van der Waals surface area contributed by atoms with Crippen molar-refractivity contribution >= 4 is 41.7 Å². The molecule has 0 aromatic heterocycles. The Morgan fingerprint density at radius 3 is 2.50 bits per heavy atom. The second-order valence-electron chi connectivity index (χ2n) is 6.12. The van der Waals surface area contributed by atoms with Crippen molar-refractivity contribution in [2.75, 3.05) is 39.1 Å². The molecule has 6 heteroatoms. The maximum absolute atomic E-state index is 5.52. The van der Waals surface area contributed by atoms with Gasteiger partial charge in [0.15, 0.2) is 5.96 Å². The molecule has 4 nitrogen and oxygen atoms in total. The summed E-state index contributed by atoms with van der Waals surface area (Å²) in [6.07, 6.45) is 4.71. The van der Waals surface area contributed by atoms with Crippen LogP contribution in [0.15, 0.2) is 4.99 Å². The summed E-state index contributed by atoms with van der Waals surface area (Å²) in [5.41, 5.74) is 0. The number of thioether (sulfide) groups is 1. The Kier molecular flexibility index (Phi) is 12.9. The summed E-state index contributed by atoms with van der Waals surface area (Å²) in [6, 6.07) is 0. The van der Waals surface area contributed by atoms with E-state index in [0.717, 1.165) is 56.8 Å². The predicted molar refractivity (Wildman–Crippen MR) is 110 cm³/mol. The number of halogens is 1. The fourth-order valence-corrected chi connectivity index (χ4v) is 3.85. The molecule has 0 spiro atoms. The molecule has 1 heterocycles. The third-order valence-electron chi connectivity index (χ3n) is 3.91. The summed E-state index contributed by atoms with van der Waals surface area (Å²) in [5.74, 6) is 2.86. The number of ether oxygens (including phenoxy) is 1. The Morgan fingerprint density at radius 2 is 1.95 bits per heavy atom. The quantitative estimate of drug-likeness (QED) is 0.261. The zero-order chi connectivity index (χ0) is 15.6. The Balaban J connectivity index is 0.00000441. The van der Waals surface area contributed by atoms with E-state index in [1.54, 1.807) is 0 Å². The van der Waals surface area contributed by atoms with Gasteiger partial charge in [0.2, 0.25) is 0 Å². The van der Waals surface area contributed by atoms with E-state index in [1.165, 1.54) is 12.8 Å². The second kappa shape index (κ2) is 12.7. The standard InChI is InChI=1S/C16H33N3OS.HI/c1-5-21-16(8-11-20-12-9-16)13-19-15(17-4)18-10-6-7-14(2)3;/h14H,5-13H2,1-4H3,(H2,17,18,19);1H. The van der Waals surface area contributed by atoms with Crippen LogP contribution in [-0.2, 0) is 4.74 Å². The van der Waals surface area contributed by atoms with Crippen LogP contribution in [0.4, 0.5) is 0 Å². The molecule has 0 atom stereocenters. The first-order chi connectivity index (χ1) is 10.1. The summed E-state index contributed by atoms with van der Waals surface area (Å²) >= 11 is 2.06. The number of hydrogen-bond donors (Lipinski definition) is 2. The number of nitrogens with zero attached hydrogens (tertiary/aromatic N) is 1. The fourth-order valence-electron chi connectivity index (χ4n) is 2.60. The maximum atomic E-state index is 5.52. The second-order valence-corrected chi connectivity index (χ2v) is 7.85. The molecule has 1 fully saturated rings. The summed E-state index contributed by atoms with van der Waals surface area (Å²) in [6.45, 7) is 10.5. The molecule has 0 amide bonds. The molecule has 22 heavy (non-hydrogen) atoms. The fraction of sp³-hybridized carbons (Fsp3) is 0.938. The van der Waals surface area contributed by atoms with Crippen LogP contribution >= 0.6 is 35.7 Å². The molecule has 132 valence electrons. The third-order valence-corrected chi connectivity index (χ3v) is 5.36. The van der Waals surface area contributed by atoms with Crippen LogP contribution in [0.1, 0.15) is 46.5 Å². The average Bonchev–Trinajstić information content (AvgIpc) is 2.47. The lowest BCUT2D eigenvalue weighted by Gasteiger charge is -2.37. The van der Waals surface area contributed by atoms with E-state index in [2.05, 4.69) is 48.2 Å². The average molecular weight is 443 g/mol. The minimum atomic E-state index is 0. The van der Waals surface area contributed by atoms with E-state index in [9.17, 15) is 0 Å². The van der Waals surface area contributed by atoms with Crippen molar-refractivity contribution in [2.24, 2.45) is 10.9 Å². The Labute approximate surface area is 158 Å². The molecule has 2 N–H and O–H groups in total. The van der Waals surface area contributed by atoms with Gasteiger partial charge in [0.05, 0.1) is 0 Å². The smallest absolute Gasteiger partial charge is 0.191 e. The van der Waals surface area contributed by atoms with Crippen molar-refractivity contribution < 1.29 is 4.74 Å². The van der Waals surface area contributed by atoms with Gasteiger partial charge in [-0.15, -0.1) is 24.0 Å². The number of guanidine groups is 1. The van der Waals surface area contributed by atoms with Gasteiger partial charge in [-0.1, -0.05) is 20.8 Å². The number of aliphatic imine (C=N–C) groups is 1. The lowest BCUT2D eigenvalue weighted by molar-refractivity contribution is 0.0782. The van der Waals surface area contributed by atoms with E-state index in [4.69, 9.17) is 4.74 Å². The Hall–Kier alpha value is 0.310.